The molecule has 1 aromatic heterocycles. The fourth-order valence-corrected chi connectivity index (χ4v) is 2.47. The summed E-state index contributed by atoms with van der Waals surface area (Å²) in [7, 11) is 0. The van der Waals surface area contributed by atoms with Crippen molar-refractivity contribution in [1.82, 2.24) is 4.98 Å². The smallest absolute Gasteiger partial charge is 0.287 e. The van der Waals surface area contributed by atoms with E-state index in [1.165, 1.54) is 18.2 Å². The van der Waals surface area contributed by atoms with Crippen LogP contribution in [0.4, 0.5) is 11.4 Å². The summed E-state index contributed by atoms with van der Waals surface area (Å²) in [6.45, 7) is 0. The van der Waals surface area contributed by atoms with E-state index in [0.29, 0.717) is 22.0 Å². The number of rotatable bonds is 6. The summed E-state index contributed by atoms with van der Waals surface area (Å²) in [6, 6.07) is 17.7. The molecule has 0 atom stereocenters. The van der Waals surface area contributed by atoms with Gasteiger partial charge in [-0.1, -0.05) is 23.7 Å². The van der Waals surface area contributed by atoms with E-state index in [-0.39, 0.29) is 17.1 Å². The van der Waals surface area contributed by atoms with E-state index >= 15 is 0 Å². The van der Waals surface area contributed by atoms with Crippen molar-refractivity contribution in [1.29, 1.82) is 5.26 Å². The summed E-state index contributed by atoms with van der Waals surface area (Å²) >= 11 is 5.81. The number of pyridine rings is 1. The lowest BCUT2D eigenvalue weighted by molar-refractivity contribution is -0.385. The first-order chi connectivity index (χ1) is 14.4. The molecule has 1 heterocycles. The lowest BCUT2D eigenvalue weighted by atomic mass is 10.1. The zero-order valence-electron chi connectivity index (χ0n) is 15.3. The highest BCUT2D eigenvalue weighted by Gasteiger charge is 2.10. The van der Waals surface area contributed by atoms with E-state index in [2.05, 4.69) is 10.3 Å². The maximum Gasteiger partial charge on any atom is 0.287 e. The van der Waals surface area contributed by atoms with Crippen LogP contribution in [0.15, 0.2) is 72.4 Å². The number of nitriles is 1. The maximum absolute atomic E-state index is 12.3. The Morgan fingerprint density at radius 1 is 1.13 bits per heavy atom. The molecule has 30 heavy (non-hydrogen) atoms. The summed E-state index contributed by atoms with van der Waals surface area (Å²) < 4.78 is 5.53. The van der Waals surface area contributed by atoms with Crippen molar-refractivity contribution < 1.29 is 14.5 Å². The van der Waals surface area contributed by atoms with E-state index in [4.69, 9.17) is 16.3 Å². The molecule has 0 saturated carbocycles. The third kappa shape index (κ3) is 5.41. The molecule has 1 amide bonds. The highest BCUT2D eigenvalue weighted by Crippen LogP contribution is 2.22. The molecule has 0 aliphatic heterocycles. The number of aromatic nitrogens is 1. The van der Waals surface area contributed by atoms with Gasteiger partial charge in [0.15, 0.2) is 0 Å². The molecule has 3 aromatic rings. The number of nitrogens with zero attached hydrogens (tertiary/aromatic N) is 3. The second-order valence-electron chi connectivity index (χ2n) is 5.91. The fraction of sp³-hybridized carbons (Fsp3) is 0. The van der Waals surface area contributed by atoms with Crippen molar-refractivity contribution in [3.63, 3.8) is 0 Å². The number of halogens is 1. The first kappa shape index (κ1) is 20.5. The lowest BCUT2D eigenvalue weighted by Crippen LogP contribution is -2.13. The summed E-state index contributed by atoms with van der Waals surface area (Å²) in [6.07, 6.45) is 2.55. The van der Waals surface area contributed by atoms with E-state index in [9.17, 15) is 20.2 Å². The minimum atomic E-state index is -0.548. The number of nitrogens with one attached hydrogen (secondary N) is 1. The van der Waals surface area contributed by atoms with Gasteiger partial charge < -0.3 is 10.1 Å². The normalized spacial score (nSPS) is 10.7. The number of carbonyl (C=O) groups excluding carboxylic acids is 1. The van der Waals surface area contributed by atoms with Gasteiger partial charge in [-0.3, -0.25) is 14.9 Å². The molecule has 3 rings (SSSR count). The van der Waals surface area contributed by atoms with Crippen LogP contribution < -0.4 is 10.1 Å². The molecule has 0 fully saturated rings. The Kier molecular flexibility index (Phi) is 6.37. The number of amides is 1. The summed E-state index contributed by atoms with van der Waals surface area (Å²) in [5, 5.41) is 23.1. The van der Waals surface area contributed by atoms with Gasteiger partial charge in [-0.15, -0.1) is 0 Å². The van der Waals surface area contributed by atoms with Crippen LogP contribution in [0.1, 0.15) is 5.56 Å². The molecule has 2 aromatic carbocycles. The van der Waals surface area contributed by atoms with Gasteiger partial charge in [-0.2, -0.15) is 5.26 Å². The van der Waals surface area contributed by atoms with Gasteiger partial charge in [0.25, 0.3) is 11.6 Å². The Morgan fingerprint density at radius 2 is 1.83 bits per heavy atom. The predicted octanol–water partition coefficient (Wildman–Crippen LogP) is 4.98. The topological polar surface area (TPSA) is 118 Å². The van der Waals surface area contributed by atoms with Crippen molar-refractivity contribution in [2.75, 3.05) is 5.32 Å². The van der Waals surface area contributed by atoms with Crippen LogP contribution >= 0.6 is 11.6 Å². The molecular weight excluding hydrogens is 408 g/mol. The molecule has 0 saturated heterocycles. The largest absolute Gasteiger partial charge is 0.439 e. The van der Waals surface area contributed by atoms with Crippen LogP contribution in [0.5, 0.6) is 11.6 Å². The molecule has 0 aliphatic rings. The van der Waals surface area contributed by atoms with E-state index < -0.39 is 10.8 Å². The lowest BCUT2D eigenvalue weighted by Gasteiger charge is -2.06. The van der Waals surface area contributed by atoms with Gasteiger partial charge in [0.05, 0.1) is 4.92 Å². The zero-order valence-corrected chi connectivity index (χ0v) is 16.0. The first-order valence-corrected chi connectivity index (χ1v) is 8.89. The van der Waals surface area contributed by atoms with Gasteiger partial charge in [0.2, 0.25) is 5.88 Å². The Labute approximate surface area is 176 Å². The maximum atomic E-state index is 12.3. The molecule has 9 heteroatoms. The van der Waals surface area contributed by atoms with Crippen LogP contribution in [0.25, 0.3) is 6.08 Å². The monoisotopic (exact) mass is 420 g/mol. The fourth-order valence-electron chi connectivity index (χ4n) is 2.34. The number of hydrogen-bond acceptors (Lipinski definition) is 6. The molecule has 0 unspecified atom stereocenters. The molecular formula is C21H13ClN4O4. The van der Waals surface area contributed by atoms with Crippen molar-refractivity contribution in [2.45, 2.75) is 0 Å². The van der Waals surface area contributed by atoms with Crippen LogP contribution in [0.2, 0.25) is 5.02 Å². The third-order valence-corrected chi connectivity index (χ3v) is 4.06. The molecule has 0 spiro atoms. The third-order valence-electron chi connectivity index (χ3n) is 3.81. The van der Waals surface area contributed by atoms with Crippen LogP contribution in [-0.2, 0) is 4.79 Å². The summed E-state index contributed by atoms with van der Waals surface area (Å²) in [4.78, 5) is 26.3. The highest BCUT2D eigenvalue weighted by molar-refractivity contribution is 6.30. The molecule has 1 N–H and O–H groups in total. The van der Waals surface area contributed by atoms with Gasteiger partial charge >= 0.3 is 0 Å². The Morgan fingerprint density at radius 3 is 2.40 bits per heavy atom. The molecule has 0 aliphatic carbocycles. The quantitative estimate of drug-likeness (QED) is 0.260. The van der Waals surface area contributed by atoms with Gasteiger partial charge in [-0.05, 0) is 48.0 Å². The average Bonchev–Trinajstić information content (AvgIpc) is 2.75. The number of nitro groups is 1. The number of anilines is 1. The second-order valence-corrected chi connectivity index (χ2v) is 6.35. The summed E-state index contributed by atoms with van der Waals surface area (Å²) in [5.41, 5.74) is 0.922. The number of ether oxygens (including phenoxy) is 1. The zero-order chi connectivity index (χ0) is 21.5. The Bertz CT molecular complexity index is 1140. The second kappa shape index (κ2) is 9.32. The van der Waals surface area contributed by atoms with Crippen LogP contribution in [-0.4, -0.2) is 15.8 Å². The molecule has 148 valence electrons. The average molecular weight is 421 g/mol. The molecule has 8 nitrogen and oxygen atoms in total. The van der Waals surface area contributed by atoms with Gasteiger partial charge in [0, 0.05) is 22.8 Å². The van der Waals surface area contributed by atoms with Gasteiger partial charge in [0.1, 0.15) is 23.6 Å². The summed E-state index contributed by atoms with van der Waals surface area (Å²) in [5.74, 6) is 0.0943. The molecule has 0 radical (unpaired) electrons. The highest BCUT2D eigenvalue weighted by atomic mass is 35.5. The Balaban J connectivity index is 1.68. The van der Waals surface area contributed by atoms with Gasteiger partial charge in [-0.25, -0.2) is 4.98 Å². The van der Waals surface area contributed by atoms with Crippen molar-refractivity contribution in [3.05, 3.63) is 93.1 Å². The molecule has 0 bridgehead atoms. The standard InChI is InChI=1S/C21H13ClN4O4/c22-16-3-5-17(6-4-16)25-21(27)15(12-23)11-14-1-8-19(9-2-14)30-20-10-7-18(13-24-20)26(28)29/h1-11,13H,(H,25,27)/b15-11-. The number of benzene rings is 2. The minimum absolute atomic E-state index is 0.0735. The minimum Gasteiger partial charge on any atom is -0.439 e. The van der Waals surface area contributed by atoms with Crippen LogP contribution in [0, 0.1) is 21.4 Å². The first-order valence-electron chi connectivity index (χ1n) is 8.51. The Hall–Kier alpha value is -4.22. The van der Waals surface area contributed by atoms with Crippen molar-refractivity contribution in [2.24, 2.45) is 0 Å². The SMILES string of the molecule is N#C/C(=C/c1ccc(Oc2ccc([N+](=O)[O-])cn2)cc1)C(=O)Nc1ccc(Cl)cc1. The van der Waals surface area contributed by atoms with Crippen LogP contribution in [0.3, 0.4) is 0 Å². The van der Waals surface area contributed by atoms with E-state index in [1.54, 1.807) is 48.5 Å². The van der Waals surface area contributed by atoms with Crippen molar-refractivity contribution >= 4 is 35.0 Å². The van der Waals surface area contributed by atoms with E-state index in [1.807, 2.05) is 6.07 Å². The number of hydrogen-bond donors (Lipinski definition) is 1. The van der Waals surface area contributed by atoms with Crippen molar-refractivity contribution in [3.8, 4) is 17.7 Å². The number of carbonyl (C=O) groups is 1. The van der Waals surface area contributed by atoms with E-state index in [0.717, 1.165) is 6.20 Å². The predicted molar refractivity (Wildman–Crippen MR) is 111 cm³/mol.